The minimum atomic E-state index is -1.36. The highest BCUT2D eigenvalue weighted by Crippen LogP contribution is 2.40. The third-order valence-electron chi connectivity index (χ3n) is 9.04. The fourth-order valence-corrected chi connectivity index (χ4v) is 6.61. The maximum absolute atomic E-state index is 13.5. The Labute approximate surface area is 337 Å². The van der Waals surface area contributed by atoms with Gasteiger partial charge < -0.3 is 45.1 Å². The van der Waals surface area contributed by atoms with Crippen LogP contribution in [0.4, 0.5) is 33.4 Å². The van der Waals surface area contributed by atoms with Crippen LogP contribution in [0.3, 0.4) is 0 Å². The van der Waals surface area contributed by atoms with Crippen molar-refractivity contribution in [3.05, 3.63) is 96.2 Å². The number of ether oxygens (including phenoxy) is 3. The van der Waals surface area contributed by atoms with E-state index in [0.29, 0.717) is 63.7 Å². The van der Waals surface area contributed by atoms with Crippen molar-refractivity contribution in [2.24, 2.45) is 0 Å². The molecule has 1 heterocycles. The summed E-state index contributed by atoms with van der Waals surface area (Å²) in [6.07, 6.45) is 6.21. The number of carbonyl (C=O) groups excluding carboxylic acids is 2. The van der Waals surface area contributed by atoms with Gasteiger partial charge in [0.15, 0.2) is 5.75 Å². The van der Waals surface area contributed by atoms with Gasteiger partial charge >= 0.3 is 6.03 Å². The summed E-state index contributed by atoms with van der Waals surface area (Å²) in [6, 6.07) is 23.3. The van der Waals surface area contributed by atoms with Crippen LogP contribution in [0.25, 0.3) is 10.8 Å². The van der Waals surface area contributed by atoms with E-state index in [1.807, 2.05) is 36.4 Å². The average molecular weight is 796 g/mol. The molecule has 0 aliphatic rings. The van der Waals surface area contributed by atoms with Crippen LogP contribution < -0.4 is 40.2 Å². The van der Waals surface area contributed by atoms with Crippen molar-refractivity contribution in [3.63, 3.8) is 0 Å². The van der Waals surface area contributed by atoms with Gasteiger partial charge in [0.25, 0.3) is 5.91 Å². The highest BCUT2D eigenvalue weighted by atomic mass is 32.2. The van der Waals surface area contributed by atoms with Crippen LogP contribution in [0.5, 0.6) is 23.0 Å². The number of amides is 3. The Morgan fingerprint density at radius 1 is 0.807 bits per heavy atom. The summed E-state index contributed by atoms with van der Waals surface area (Å²) in [5.41, 5.74) is 3.31. The molecule has 3 amide bonds. The SMILES string of the molecule is COc1cc(Nc2cc(Oc3ccc(NC(=O)Nc4cc(C(C)(C)C)cc(NS(C)=O)c4OC)c4ccccc34)ccn2)ccc1C(=O)NCCCCCN(C)C. The van der Waals surface area contributed by atoms with Gasteiger partial charge in [0.1, 0.15) is 34.1 Å². The monoisotopic (exact) mass is 795 g/mol. The van der Waals surface area contributed by atoms with E-state index in [4.69, 9.17) is 14.2 Å². The van der Waals surface area contributed by atoms with Gasteiger partial charge in [-0.05, 0) is 86.9 Å². The maximum Gasteiger partial charge on any atom is 0.323 e. The van der Waals surface area contributed by atoms with E-state index in [-0.39, 0.29) is 11.3 Å². The number of hydrogen-bond acceptors (Lipinski definition) is 9. The van der Waals surface area contributed by atoms with Gasteiger partial charge in [-0.15, -0.1) is 0 Å². The van der Waals surface area contributed by atoms with E-state index in [0.717, 1.165) is 42.1 Å². The number of nitrogens with zero attached hydrogens (tertiary/aromatic N) is 2. The second kappa shape index (κ2) is 19.3. The molecule has 4 aromatic carbocycles. The molecule has 0 aliphatic heterocycles. The molecule has 302 valence electrons. The predicted octanol–water partition coefficient (Wildman–Crippen LogP) is 8.90. The van der Waals surface area contributed by atoms with Crippen LogP contribution >= 0.6 is 0 Å². The largest absolute Gasteiger partial charge is 0.496 e. The van der Waals surface area contributed by atoms with Gasteiger partial charge in [-0.3, -0.25) is 4.79 Å². The number of benzene rings is 4. The fourth-order valence-electron chi connectivity index (χ4n) is 6.15. The number of nitrogens with one attached hydrogen (secondary N) is 5. The minimum Gasteiger partial charge on any atom is -0.496 e. The number of aromatic nitrogens is 1. The summed E-state index contributed by atoms with van der Waals surface area (Å²) in [7, 11) is 5.79. The molecule has 13 nitrogen and oxygen atoms in total. The lowest BCUT2D eigenvalue weighted by Gasteiger charge is -2.24. The van der Waals surface area contributed by atoms with Gasteiger partial charge in [0, 0.05) is 47.6 Å². The molecule has 14 heteroatoms. The van der Waals surface area contributed by atoms with Gasteiger partial charge in [0.05, 0.1) is 36.8 Å². The zero-order valence-electron chi connectivity index (χ0n) is 33.9. The Kier molecular flexibility index (Phi) is 14.3. The molecule has 0 saturated carbocycles. The lowest BCUT2D eigenvalue weighted by Crippen LogP contribution is -2.25. The van der Waals surface area contributed by atoms with Crippen molar-refractivity contribution >= 4 is 62.3 Å². The first-order chi connectivity index (χ1) is 27.2. The molecule has 1 atom stereocenters. The molecule has 1 unspecified atom stereocenters. The number of urea groups is 1. The summed E-state index contributed by atoms with van der Waals surface area (Å²) in [4.78, 5) is 33.0. The molecule has 0 fully saturated rings. The summed E-state index contributed by atoms with van der Waals surface area (Å²) >= 11 is 0. The van der Waals surface area contributed by atoms with Crippen LogP contribution in [0.1, 0.15) is 56.0 Å². The van der Waals surface area contributed by atoms with Crippen LogP contribution in [0.15, 0.2) is 85.1 Å². The smallest absolute Gasteiger partial charge is 0.323 e. The minimum absolute atomic E-state index is 0.182. The summed E-state index contributed by atoms with van der Waals surface area (Å²) in [6.45, 7) is 7.79. The quantitative estimate of drug-likeness (QED) is 0.0581. The Bertz CT molecular complexity index is 2220. The zero-order valence-corrected chi connectivity index (χ0v) is 34.7. The van der Waals surface area contributed by atoms with E-state index in [9.17, 15) is 13.8 Å². The second-order valence-electron chi connectivity index (χ2n) is 14.8. The summed E-state index contributed by atoms with van der Waals surface area (Å²) < 4.78 is 32.6. The molecule has 57 heavy (non-hydrogen) atoms. The first-order valence-electron chi connectivity index (χ1n) is 18.7. The second-order valence-corrected chi connectivity index (χ2v) is 15.9. The van der Waals surface area contributed by atoms with E-state index in [1.165, 1.54) is 20.5 Å². The number of pyridine rings is 1. The first-order valence-corrected chi connectivity index (χ1v) is 20.3. The Morgan fingerprint density at radius 3 is 2.25 bits per heavy atom. The van der Waals surface area contributed by atoms with E-state index >= 15 is 0 Å². The molecule has 0 saturated heterocycles. The third-order valence-corrected chi connectivity index (χ3v) is 9.55. The van der Waals surface area contributed by atoms with Crippen LogP contribution in [0, 0.1) is 0 Å². The zero-order chi connectivity index (χ0) is 41.1. The van der Waals surface area contributed by atoms with Gasteiger partial charge in [0.2, 0.25) is 0 Å². The molecule has 1 aromatic heterocycles. The van der Waals surface area contributed by atoms with Crippen LogP contribution in [-0.4, -0.2) is 73.7 Å². The van der Waals surface area contributed by atoms with Crippen LogP contribution in [-0.2, 0) is 16.4 Å². The van der Waals surface area contributed by atoms with E-state index in [2.05, 4.69) is 70.7 Å². The van der Waals surface area contributed by atoms with E-state index < -0.39 is 17.0 Å². The van der Waals surface area contributed by atoms with Crippen molar-refractivity contribution in [2.45, 2.75) is 45.4 Å². The molecule has 5 N–H and O–H groups in total. The average Bonchev–Trinajstić information content (AvgIpc) is 3.16. The number of fused-ring (bicyclic) bond motifs is 1. The molecular formula is C43H53N7O6S. The van der Waals surface area contributed by atoms with Gasteiger partial charge in [-0.25, -0.2) is 14.0 Å². The number of methoxy groups -OCH3 is 2. The molecule has 0 spiro atoms. The number of rotatable bonds is 17. The van der Waals surface area contributed by atoms with Crippen molar-refractivity contribution in [1.29, 1.82) is 0 Å². The van der Waals surface area contributed by atoms with Gasteiger partial charge in [-0.1, -0.05) is 51.5 Å². The molecule has 0 radical (unpaired) electrons. The van der Waals surface area contributed by atoms with Crippen molar-refractivity contribution < 1.29 is 28.0 Å². The maximum atomic E-state index is 13.5. The number of unbranched alkanes of at least 4 members (excludes halogenated alkanes) is 2. The van der Waals surface area contributed by atoms with E-state index in [1.54, 1.807) is 48.7 Å². The number of anilines is 5. The predicted molar refractivity (Wildman–Crippen MR) is 231 cm³/mol. The molecular weight excluding hydrogens is 743 g/mol. The molecule has 0 aliphatic carbocycles. The lowest BCUT2D eigenvalue weighted by molar-refractivity contribution is 0.0949. The van der Waals surface area contributed by atoms with Gasteiger partial charge in [-0.2, -0.15) is 0 Å². The number of hydrogen-bond donors (Lipinski definition) is 5. The molecule has 0 bridgehead atoms. The first kappa shape index (κ1) is 42.3. The summed E-state index contributed by atoms with van der Waals surface area (Å²) in [5.74, 6) is 2.26. The molecule has 5 aromatic rings. The third kappa shape index (κ3) is 11.6. The lowest BCUT2D eigenvalue weighted by atomic mass is 9.86. The Hall–Kier alpha value is -5.86. The highest BCUT2D eigenvalue weighted by Gasteiger charge is 2.22. The van der Waals surface area contributed by atoms with Crippen molar-refractivity contribution in [3.8, 4) is 23.0 Å². The highest BCUT2D eigenvalue weighted by molar-refractivity contribution is 7.85. The standard InChI is InChI=1S/C43H53N7O6S/c1-43(2,3)28-24-35(40(55-7)36(25-28)49-57(8)53)48-42(52)47-34-18-19-37(32-15-11-10-14-31(32)34)56-30-20-22-44-39(27-30)46-29-16-17-33(38(26-29)54-6)41(51)45-21-12-9-13-23-50(4)5/h10-11,14-20,22,24-27,49H,9,12-13,21,23H2,1-8H3,(H,44,46)(H,45,51)(H2,47,48,52). The Morgan fingerprint density at radius 2 is 1.54 bits per heavy atom. The van der Waals surface area contributed by atoms with Crippen molar-refractivity contribution in [1.82, 2.24) is 15.2 Å². The Balaban J connectivity index is 1.28. The van der Waals surface area contributed by atoms with Crippen LogP contribution in [0.2, 0.25) is 0 Å². The number of carbonyl (C=O) groups is 2. The summed E-state index contributed by atoms with van der Waals surface area (Å²) in [5, 5.41) is 13.7. The topological polar surface area (TPSA) is 155 Å². The normalized spacial score (nSPS) is 11.8. The van der Waals surface area contributed by atoms with Crippen molar-refractivity contribution in [2.75, 3.05) is 68.3 Å². The fraction of sp³-hybridized carbons (Fsp3) is 0.326. The molecule has 5 rings (SSSR count).